The molecule has 4 nitrogen and oxygen atoms in total. The zero-order chi connectivity index (χ0) is 13.1. The number of hydrogen-bond acceptors (Lipinski definition) is 3. The van der Waals surface area contributed by atoms with Crippen molar-refractivity contribution in [3.63, 3.8) is 0 Å². The van der Waals surface area contributed by atoms with Crippen LogP contribution in [0.2, 0.25) is 5.02 Å². The topological polar surface area (TPSA) is 66.4 Å². The molecule has 0 spiro atoms. The van der Waals surface area contributed by atoms with E-state index < -0.39 is 16.1 Å². The van der Waals surface area contributed by atoms with Crippen LogP contribution in [0.15, 0.2) is 23.1 Å². The standard InChI is InChI=1S/C11H16ClNO3S/c1-3-10(7-14)13-17(15,16)11-5-4-9(12)6-8(11)2/h4-6,10,13-14H,3,7H2,1-2H3. The molecule has 0 radical (unpaired) electrons. The maximum atomic E-state index is 12.0. The molecule has 1 atom stereocenters. The van der Waals surface area contributed by atoms with Gasteiger partial charge >= 0.3 is 0 Å². The molecule has 0 heterocycles. The van der Waals surface area contributed by atoms with Crippen molar-refractivity contribution in [2.24, 2.45) is 0 Å². The second-order valence-corrected chi connectivity index (χ2v) is 5.94. The lowest BCUT2D eigenvalue weighted by Gasteiger charge is -2.15. The summed E-state index contributed by atoms with van der Waals surface area (Å²) in [4.78, 5) is 0.189. The van der Waals surface area contributed by atoms with E-state index in [-0.39, 0.29) is 11.5 Å². The third kappa shape index (κ3) is 3.67. The molecule has 1 unspecified atom stereocenters. The molecule has 96 valence electrons. The molecule has 0 aliphatic rings. The fourth-order valence-electron chi connectivity index (χ4n) is 1.45. The molecule has 2 N–H and O–H groups in total. The number of hydrogen-bond donors (Lipinski definition) is 2. The van der Waals surface area contributed by atoms with Gasteiger partial charge in [-0.2, -0.15) is 0 Å². The van der Waals surface area contributed by atoms with Gasteiger partial charge in [0.05, 0.1) is 11.5 Å². The highest BCUT2D eigenvalue weighted by Crippen LogP contribution is 2.19. The first-order chi connectivity index (χ1) is 7.90. The minimum atomic E-state index is -3.60. The Hall–Kier alpha value is -0.620. The minimum Gasteiger partial charge on any atom is -0.395 e. The van der Waals surface area contributed by atoms with Crippen molar-refractivity contribution in [2.45, 2.75) is 31.2 Å². The zero-order valence-corrected chi connectivity index (χ0v) is 11.3. The predicted molar refractivity (Wildman–Crippen MR) is 67.7 cm³/mol. The molecule has 1 rings (SSSR count). The SMILES string of the molecule is CCC(CO)NS(=O)(=O)c1ccc(Cl)cc1C. The number of rotatable bonds is 5. The van der Waals surface area contributed by atoms with Gasteiger partial charge in [-0.25, -0.2) is 13.1 Å². The van der Waals surface area contributed by atoms with E-state index >= 15 is 0 Å². The molecular formula is C11H16ClNO3S. The Morgan fingerprint density at radius 1 is 1.47 bits per heavy atom. The first-order valence-electron chi connectivity index (χ1n) is 5.30. The molecule has 0 amide bonds. The third-order valence-electron chi connectivity index (χ3n) is 2.46. The molecule has 0 aliphatic heterocycles. The third-order valence-corrected chi connectivity index (χ3v) is 4.38. The molecular weight excluding hydrogens is 262 g/mol. The summed E-state index contributed by atoms with van der Waals surface area (Å²) in [7, 11) is -3.60. The van der Waals surface area contributed by atoms with Gasteiger partial charge in [-0.15, -0.1) is 0 Å². The quantitative estimate of drug-likeness (QED) is 0.861. The molecule has 0 aliphatic carbocycles. The average molecular weight is 278 g/mol. The van der Waals surface area contributed by atoms with E-state index in [1.165, 1.54) is 12.1 Å². The first-order valence-corrected chi connectivity index (χ1v) is 7.16. The van der Waals surface area contributed by atoms with E-state index in [2.05, 4.69) is 4.72 Å². The molecule has 0 aromatic heterocycles. The Morgan fingerprint density at radius 3 is 2.59 bits per heavy atom. The Balaban J connectivity index is 3.05. The Bertz CT molecular complexity index is 483. The van der Waals surface area contributed by atoms with Crippen molar-refractivity contribution in [1.29, 1.82) is 0 Å². The van der Waals surface area contributed by atoms with Crippen molar-refractivity contribution >= 4 is 21.6 Å². The van der Waals surface area contributed by atoms with Gasteiger partial charge in [-0.1, -0.05) is 18.5 Å². The van der Waals surface area contributed by atoms with Gasteiger partial charge in [-0.3, -0.25) is 0 Å². The van der Waals surface area contributed by atoms with Crippen molar-refractivity contribution < 1.29 is 13.5 Å². The predicted octanol–water partition coefficient (Wildman–Crippen LogP) is 1.70. The summed E-state index contributed by atoms with van der Waals surface area (Å²) in [6.45, 7) is 3.26. The normalized spacial score (nSPS) is 13.6. The number of halogens is 1. The van der Waals surface area contributed by atoms with Crippen LogP contribution >= 0.6 is 11.6 Å². The molecule has 0 fully saturated rings. The largest absolute Gasteiger partial charge is 0.395 e. The van der Waals surface area contributed by atoms with Gasteiger partial charge in [0.15, 0.2) is 0 Å². The molecule has 1 aromatic carbocycles. The average Bonchev–Trinajstić information content (AvgIpc) is 2.25. The summed E-state index contributed by atoms with van der Waals surface area (Å²) in [5.41, 5.74) is 0.581. The van der Waals surface area contributed by atoms with Crippen LogP contribution in [0.25, 0.3) is 0 Å². The minimum absolute atomic E-state index is 0.189. The summed E-state index contributed by atoms with van der Waals surface area (Å²) in [5, 5.41) is 9.50. The fourth-order valence-corrected chi connectivity index (χ4v) is 3.21. The highest BCUT2D eigenvalue weighted by atomic mass is 35.5. The molecule has 6 heteroatoms. The summed E-state index contributed by atoms with van der Waals surface area (Å²) >= 11 is 5.77. The lowest BCUT2D eigenvalue weighted by molar-refractivity contribution is 0.254. The lowest BCUT2D eigenvalue weighted by atomic mass is 10.2. The summed E-state index contributed by atoms with van der Waals surface area (Å²) < 4.78 is 26.5. The van der Waals surface area contributed by atoms with Crippen molar-refractivity contribution in [2.75, 3.05) is 6.61 Å². The molecule has 17 heavy (non-hydrogen) atoms. The van der Waals surface area contributed by atoms with Crippen LogP contribution in [-0.4, -0.2) is 26.2 Å². The molecule has 0 saturated heterocycles. The van der Waals surface area contributed by atoms with E-state index in [4.69, 9.17) is 16.7 Å². The number of aliphatic hydroxyl groups is 1. The Labute approximate surface area is 107 Å². The summed E-state index contributed by atoms with van der Waals surface area (Å²) in [6.07, 6.45) is 0.530. The van der Waals surface area contributed by atoms with E-state index in [0.717, 1.165) is 0 Å². The van der Waals surface area contributed by atoms with Gasteiger partial charge in [0.2, 0.25) is 10.0 Å². The van der Waals surface area contributed by atoms with Gasteiger partial charge in [0.25, 0.3) is 0 Å². The van der Waals surface area contributed by atoms with Crippen LogP contribution in [0.5, 0.6) is 0 Å². The monoisotopic (exact) mass is 277 g/mol. The van der Waals surface area contributed by atoms with E-state index in [0.29, 0.717) is 17.0 Å². The number of aliphatic hydroxyl groups excluding tert-OH is 1. The number of sulfonamides is 1. The van der Waals surface area contributed by atoms with Crippen LogP contribution in [-0.2, 0) is 10.0 Å². The molecule has 1 aromatic rings. The Morgan fingerprint density at radius 2 is 2.12 bits per heavy atom. The first kappa shape index (κ1) is 14.4. The number of benzene rings is 1. The van der Waals surface area contributed by atoms with Gasteiger partial charge in [0, 0.05) is 11.1 Å². The fraction of sp³-hybridized carbons (Fsp3) is 0.455. The van der Waals surface area contributed by atoms with Crippen LogP contribution < -0.4 is 4.72 Å². The van der Waals surface area contributed by atoms with Crippen LogP contribution in [0.1, 0.15) is 18.9 Å². The van der Waals surface area contributed by atoms with Gasteiger partial charge in [-0.05, 0) is 37.1 Å². The van der Waals surface area contributed by atoms with Crippen LogP contribution in [0, 0.1) is 6.92 Å². The van der Waals surface area contributed by atoms with Crippen LogP contribution in [0.4, 0.5) is 0 Å². The second kappa shape index (κ2) is 5.82. The summed E-state index contributed by atoms with van der Waals surface area (Å²) in [5.74, 6) is 0. The lowest BCUT2D eigenvalue weighted by Crippen LogP contribution is -2.37. The van der Waals surface area contributed by atoms with Crippen LogP contribution in [0.3, 0.4) is 0 Å². The highest BCUT2D eigenvalue weighted by molar-refractivity contribution is 7.89. The smallest absolute Gasteiger partial charge is 0.241 e. The van der Waals surface area contributed by atoms with E-state index in [1.807, 2.05) is 0 Å². The maximum absolute atomic E-state index is 12.0. The van der Waals surface area contributed by atoms with Gasteiger partial charge in [0.1, 0.15) is 0 Å². The highest BCUT2D eigenvalue weighted by Gasteiger charge is 2.20. The molecule has 0 bridgehead atoms. The molecule has 0 saturated carbocycles. The maximum Gasteiger partial charge on any atom is 0.241 e. The van der Waals surface area contributed by atoms with Crippen molar-refractivity contribution in [3.8, 4) is 0 Å². The summed E-state index contributed by atoms with van der Waals surface area (Å²) in [6, 6.07) is 4.12. The zero-order valence-electron chi connectivity index (χ0n) is 9.77. The Kier molecular flexibility index (Phi) is 4.94. The van der Waals surface area contributed by atoms with Gasteiger partial charge < -0.3 is 5.11 Å². The van der Waals surface area contributed by atoms with E-state index in [1.54, 1.807) is 19.9 Å². The number of aryl methyl sites for hydroxylation is 1. The van der Waals surface area contributed by atoms with E-state index in [9.17, 15) is 8.42 Å². The van der Waals surface area contributed by atoms with Crippen molar-refractivity contribution in [1.82, 2.24) is 4.72 Å². The second-order valence-electron chi connectivity index (χ2n) is 3.82. The number of nitrogens with one attached hydrogen (secondary N) is 1. The van der Waals surface area contributed by atoms with Crippen molar-refractivity contribution in [3.05, 3.63) is 28.8 Å².